The lowest BCUT2D eigenvalue weighted by Gasteiger charge is -2.23. The van der Waals surface area contributed by atoms with E-state index in [1.807, 2.05) is 29.0 Å². The Kier molecular flexibility index (Phi) is 5.40. The first-order valence-corrected chi connectivity index (χ1v) is 8.71. The maximum atomic E-state index is 13.2. The zero-order valence-electron chi connectivity index (χ0n) is 14.1. The molecule has 0 bridgehead atoms. The average Bonchev–Trinajstić information content (AvgIpc) is 3.33. The summed E-state index contributed by atoms with van der Waals surface area (Å²) >= 11 is 1.60. The van der Waals surface area contributed by atoms with Gasteiger partial charge in [-0.25, -0.2) is 0 Å². The summed E-state index contributed by atoms with van der Waals surface area (Å²) in [6, 6.07) is 11.0. The Balaban J connectivity index is 1.93. The third kappa shape index (κ3) is 3.85. The Bertz CT molecular complexity index is 776. The predicted octanol–water partition coefficient (Wildman–Crippen LogP) is 4.20. The molecule has 0 saturated heterocycles. The Morgan fingerprint density at radius 2 is 2.00 bits per heavy atom. The number of hydrogen-bond acceptors (Lipinski definition) is 5. The van der Waals surface area contributed by atoms with Crippen molar-refractivity contribution in [2.75, 3.05) is 14.2 Å². The SMILES string of the molecule is COc1cccc(C(=O)N(Cc2ccsc2)Cc2ccco2)c1OC. The number of methoxy groups -OCH3 is 2. The van der Waals surface area contributed by atoms with Crippen LogP contribution in [0.4, 0.5) is 0 Å². The van der Waals surface area contributed by atoms with Crippen LogP contribution in [0.5, 0.6) is 11.5 Å². The molecule has 2 heterocycles. The number of ether oxygens (including phenoxy) is 2. The number of para-hydroxylation sites is 1. The van der Waals surface area contributed by atoms with Crippen LogP contribution in [0.2, 0.25) is 0 Å². The van der Waals surface area contributed by atoms with Gasteiger partial charge in [-0.15, -0.1) is 0 Å². The Morgan fingerprint density at radius 1 is 1.12 bits per heavy atom. The van der Waals surface area contributed by atoms with Crippen LogP contribution in [0.25, 0.3) is 0 Å². The van der Waals surface area contributed by atoms with Crippen molar-refractivity contribution in [3.8, 4) is 11.5 Å². The van der Waals surface area contributed by atoms with Crippen LogP contribution in [0.1, 0.15) is 21.7 Å². The minimum Gasteiger partial charge on any atom is -0.493 e. The van der Waals surface area contributed by atoms with Gasteiger partial charge < -0.3 is 18.8 Å². The summed E-state index contributed by atoms with van der Waals surface area (Å²) in [5.41, 5.74) is 1.54. The Labute approximate surface area is 150 Å². The molecule has 0 aliphatic carbocycles. The number of amides is 1. The molecule has 2 aromatic heterocycles. The lowest BCUT2D eigenvalue weighted by atomic mass is 10.1. The van der Waals surface area contributed by atoms with Crippen molar-refractivity contribution in [1.82, 2.24) is 4.90 Å². The maximum absolute atomic E-state index is 13.2. The fourth-order valence-corrected chi connectivity index (χ4v) is 3.28. The molecule has 3 rings (SSSR count). The highest BCUT2D eigenvalue weighted by molar-refractivity contribution is 7.07. The van der Waals surface area contributed by atoms with Crippen LogP contribution in [0.15, 0.2) is 57.8 Å². The molecule has 0 aliphatic heterocycles. The highest BCUT2D eigenvalue weighted by atomic mass is 32.1. The second-order valence-corrected chi connectivity index (χ2v) is 6.19. The Morgan fingerprint density at radius 3 is 2.64 bits per heavy atom. The van der Waals surface area contributed by atoms with Crippen LogP contribution in [0, 0.1) is 0 Å². The van der Waals surface area contributed by atoms with Gasteiger partial charge in [0, 0.05) is 6.54 Å². The standard InChI is InChI=1S/C19H19NO4S/c1-22-17-7-3-6-16(18(17)23-2)19(21)20(11-14-8-10-25-13-14)12-15-5-4-9-24-15/h3-10,13H,11-12H2,1-2H3. The van der Waals surface area contributed by atoms with Crippen molar-refractivity contribution in [3.05, 3.63) is 70.3 Å². The summed E-state index contributed by atoms with van der Waals surface area (Å²) in [4.78, 5) is 14.9. The van der Waals surface area contributed by atoms with Gasteiger partial charge in [0.1, 0.15) is 5.76 Å². The van der Waals surface area contributed by atoms with E-state index < -0.39 is 0 Å². The highest BCUT2D eigenvalue weighted by Crippen LogP contribution is 2.32. The van der Waals surface area contributed by atoms with Crippen molar-refractivity contribution in [2.45, 2.75) is 13.1 Å². The van der Waals surface area contributed by atoms with Gasteiger partial charge >= 0.3 is 0 Å². The smallest absolute Gasteiger partial charge is 0.258 e. The van der Waals surface area contributed by atoms with Gasteiger partial charge in [0.25, 0.3) is 5.91 Å². The fourth-order valence-electron chi connectivity index (χ4n) is 2.62. The summed E-state index contributed by atoms with van der Waals surface area (Å²) in [6.45, 7) is 0.867. The lowest BCUT2D eigenvalue weighted by Crippen LogP contribution is -2.30. The molecule has 0 radical (unpaired) electrons. The molecule has 0 saturated carbocycles. The largest absolute Gasteiger partial charge is 0.493 e. The molecule has 5 nitrogen and oxygen atoms in total. The van der Waals surface area contributed by atoms with Crippen molar-refractivity contribution in [3.63, 3.8) is 0 Å². The van der Waals surface area contributed by atoms with Gasteiger partial charge in [-0.2, -0.15) is 11.3 Å². The van der Waals surface area contributed by atoms with Gasteiger partial charge in [-0.1, -0.05) is 6.07 Å². The van der Waals surface area contributed by atoms with Crippen LogP contribution in [-0.4, -0.2) is 25.0 Å². The van der Waals surface area contributed by atoms with Crippen molar-refractivity contribution in [2.24, 2.45) is 0 Å². The van der Waals surface area contributed by atoms with Crippen LogP contribution < -0.4 is 9.47 Å². The number of furan rings is 1. The molecule has 1 amide bonds. The number of rotatable bonds is 7. The third-order valence-electron chi connectivity index (χ3n) is 3.80. The summed E-state index contributed by atoms with van der Waals surface area (Å²) in [5.74, 6) is 1.55. The van der Waals surface area contributed by atoms with Gasteiger partial charge in [-0.05, 0) is 46.7 Å². The number of benzene rings is 1. The molecule has 0 aliphatic rings. The summed E-state index contributed by atoms with van der Waals surface area (Å²) < 4.78 is 16.1. The van der Waals surface area contributed by atoms with Crippen LogP contribution in [-0.2, 0) is 13.1 Å². The number of carbonyl (C=O) groups excluding carboxylic acids is 1. The monoisotopic (exact) mass is 357 g/mol. The second-order valence-electron chi connectivity index (χ2n) is 5.41. The maximum Gasteiger partial charge on any atom is 0.258 e. The normalized spacial score (nSPS) is 10.5. The van der Waals surface area contributed by atoms with Crippen LogP contribution >= 0.6 is 11.3 Å². The molecule has 130 valence electrons. The van der Waals surface area contributed by atoms with E-state index in [2.05, 4.69) is 0 Å². The zero-order valence-corrected chi connectivity index (χ0v) is 14.9. The van der Waals surface area contributed by atoms with Crippen molar-refractivity contribution < 1.29 is 18.7 Å². The molecule has 6 heteroatoms. The molecule has 25 heavy (non-hydrogen) atoms. The average molecular weight is 357 g/mol. The first-order valence-electron chi connectivity index (χ1n) is 7.76. The second kappa shape index (κ2) is 7.90. The number of nitrogens with zero attached hydrogens (tertiary/aromatic N) is 1. The quantitative estimate of drug-likeness (QED) is 0.636. The van der Waals surface area contributed by atoms with E-state index in [0.29, 0.717) is 30.2 Å². The van der Waals surface area contributed by atoms with E-state index in [9.17, 15) is 4.79 Å². The third-order valence-corrected chi connectivity index (χ3v) is 4.53. The van der Waals surface area contributed by atoms with Crippen molar-refractivity contribution in [1.29, 1.82) is 0 Å². The fraction of sp³-hybridized carbons (Fsp3) is 0.211. The number of hydrogen-bond donors (Lipinski definition) is 0. The molecule has 0 atom stereocenters. The molecular weight excluding hydrogens is 338 g/mol. The van der Waals surface area contributed by atoms with Crippen LogP contribution in [0.3, 0.4) is 0 Å². The first-order chi connectivity index (χ1) is 12.2. The topological polar surface area (TPSA) is 51.9 Å². The first kappa shape index (κ1) is 17.1. The molecule has 3 aromatic rings. The van der Waals surface area contributed by atoms with Gasteiger partial charge in [-0.3, -0.25) is 4.79 Å². The lowest BCUT2D eigenvalue weighted by molar-refractivity contribution is 0.0714. The zero-order chi connectivity index (χ0) is 17.6. The number of thiophene rings is 1. The molecule has 0 spiro atoms. The molecule has 0 fully saturated rings. The van der Waals surface area contributed by atoms with E-state index in [-0.39, 0.29) is 5.91 Å². The predicted molar refractivity (Wildman–Crippen MR) is 96.2 cm³/mol. The number of carbonyl (C=O) groups is 1. The van der Waals surface area contributed by atoms with Crippen molar-refractivity contribution >= 4 is 17.2 Å². The molecule has 1 aromatic carbocycles. The summed E-state index contributed by atoms with van der Waals surface area (Å²) in [7, 11) is 3.09. The molecule has 0 N–H and O–H groups in total. The molecular formula is C19H19NO4S. The van der Waals surface area contributed by atoms with E-state index in [1.165, 1.54) is 7.11 Å². The van der Waals surface area contributed by atoms with E-state index in [1.54, 1.807) is 47.8 Å². The van der Waals surface area contributed by atoms with Gasteiger partial charge in [0.2, 0.25) is 0 Å². The summed E-state index contributed by atoms with van der Waals surface area (Å²) in [6.07, 6.45) is 1.61. The minimum atomic E-state index is -0.140. The van der Waals surface area contributed by atoms with Gasteiger partial charge in [0.05, 0.1) is 32.6 Å². The van der Waals surface area contributed by atoms with E-state index in [4.69, 9.17) is 13.9 Å². The molecule has 0 unspecified atom stereocenters. The van der Waals surface area contributed by atoms with E-state index in [0.717, 1.165) is 11.3 Å². The Hall–Kier alpha value is -2.73. The summed E-state index contributed by atoms with van der Waals surface area (Å²) in [5, 5.41) is 4.03. The van der Waals surface area contributed by atoms with Gasteiger partial charge in [0.15, 0.2) is 11.5 Å². The minimum absolute atomic E-state index is 0.140. The highest BCUT2D eigenvalue weighted by Gasteiger charge is 2.23. The van der Waals surface area contributed by atoms with E-state index >= 15 is 0 Å².